The lowest BCUT2D eigenvalue weighted by atomic mass is 9.97. The van der Waals surface area contributed by atoms with Crippen LogP contribution < -0.4 is 5.32 Å². The predicted octanol–water partition coefficient (Wildman–Crippen LogP) is 2.26. The summed E-state index contributed by atoms with van der Waals surface area (Å²) in [5.41, 5.74) is 0. The van der Waals surface area contributed by atoms with E-state index in [4.69, 9.17) is 4.74 Å². The standard InChI is InChI=1S/C15H30N2O/c1-4-15-6-9-17(8-5-12(2)16-15)13(3)14-7-10-18-11-14/h12-16H,4-11H2,1-3H3. The molecule has 2 aliphatic heterocycles. The monoisotopic (exact) mass is 254 g/mol. The molecule has 0 spiro atoms. The van der Waals surface area contributed by atoms with Crippen molar-refractivity contribution in [1.82, 2.24) is 10.2 Å². The summed E-state index contributed by atoms with van der Waals surface area (Å²) >= 11 is 0. The molecule has 18 heavy (non-hydrogen) atoms. The SMILES string of the molecule is CCC1CCN(C(C)C2CCOC2)CCC(C)N1. The summed E-state index contributed by atoms with van der Waals surface area (Å²) in [6.07, 6.45) is 5.06. The van der Waals surface area contributed by atoms with E-state index >= 15 is 0 Å². The first-order chi connectivity index (χ1) is 8.70. The summed E-state index contributed by atoms with van der Waals surface area (Å²) in [5.74, 6) is 0.757. The Morgan fingerprint density at radius 1 is 1.28 bits per heavy atom. The fourth-order valence-corrected chi connectivity index (χ4v) is 3.32. The van der Waals surface area contributed by atoms with E-state index in [1.54, 1.807) is 0 Å². The molecule has 2 fully saturated rings. The van der Waals surface area contributed by atoms with Gasteiger partial charge in [-0.15, -0.1) is 0 Å². The highest BCUT2D eigenvalue weighted by Crippen LogP contribution is 2.22. The lowest BCUT2D eigenvalue weighted by Crippen LogP contribution is -2.48. The molecule has 2 rings (SSSR count). The highest BCUT2D eigenvalue weighted by molar-refractivity contribution is 4.83. The molecule has 0 aromatic rings. The Bertz CT molecular complexity index is 241. The van der Waals surface area contributed by atoms with Gasteiger partial charge >= 0.3 is 0 Å². The summed E-state index contributed by atoms with van der Waals surface area (Å²) in [6.45, 7) is 11.5. The third-order valence-electron chi connectivity index (χ3n) is 4.85. The quantitative estimate of drug-likeness (QED) is 0.836. The zero-order valence-corrected chi connectivity index (χ0v) is 12.3. The number of hydrogen-bond donors (Lipinski definition) is 1. The molecule has 3 heteroatoms. The molecule has 2 aliphatic rings. The summed E-state index contributed by atoms with van der Waals surface area (Å²) in [5, 5.41) is 3.75. The van der Waals surface area contributed by atoms with Crippen LogP contribution in [0.15, 0.2) is 0 Å². The number of nitrogens with zero attached hydrogens (tertiary/aromatic N) is 1. The maximum absolute atomic E-state index is 5.55. The van der Waals surface area contributed by atoms with Gasteiger partial charge in [-0.1, -0.05) is 6.92 Å². The maximum atomic E-state index is 5.55. The van der Waals surface area contributed by atoms with Crippen molar-refractivity contribution in [3.8, 4) is 0 Å². The molecule has 0 aliphatic carbocycles. The minimum absolute atomic E-state index is 0.657. The van der Waals surface area contributed by atoms with Crippen molar-refractivity contribution in [3.63, 3.8) is 0 Å². The molecule has 106 valence electrons. The lowest BCUT2D eigenvalue weighted by molar-refractivity contribution is 0.111. The van der Waals surface area contributed by atoms with Gasteiger partial charge < -0.3 is 15.0 Å². The zero-order valence-electron chi connectivity index (χ0n) is 12.3. The van der Waals surface area contributed by atoms with Gasteiger partial charge in [0.25, 0.3) is 0 Å². The van der Waals surface area contributed by atoms with Crippen LogP contribution in [0.5, 0.6) is 0 Å². The van der Waals surface area contributed by atoms with Gasteiger partial charge in [0.05, 0.1) is 6.61 Å². The Morgan fingerprint density at radius 3 is 2.72 bits per heavy atom. The number of rotatable bonds is 3. The normalized spacial score (nSPS) is 37.2. The minimum atomic E-state index is 0.657. The number of ether oxygens (including phenoxy) is 1. The summed E-state index contributed by atoms with van der Waals surface area (Å²) < 4.78 is 5.55. The zero-order chi connectivity index (χ0) is 13.0. The molecule has 0 saturated carbocycles. The van der Waals surface area contributed by atoms with Crippen molar-refractivity contribution in [2.24, 2.45) is 5.92 Å². The third-order valence-corrected chi connectivity index (χ3v) is 4.85. The Hall–Kier alpha value is -0.120. The van der Waals surface area contributed by atoms with Gasteiger partial charge in [-0.25, -0.2) is 0 Å². The summed E-state index contributed by atoms with van der Waals surface area (Å²) in [4.78, 5) is 2.71. The van der Waals surface area contributed by atoms with Gasteiger partial charge in [0.15, 0.2) is 0 Å². The molecular formula is C15H30N2O. The first-order valence-electron chi connectivity index (χ1n) is 7.78. The molecule has 0 bridgehead atoms. The molecule has 0 aromatic heterocycles. The third kappa shape index (κ3) is 3.69. The minimum Gasteiger partial charge on any atom is -0.381 e. The topological polar surface area (TPSA) is 24.5 Å². The molecule has 3 nitrogen and oxygen atoms in total. The Balaban J connectivity index is 1.90. The largest absolute Gasteiger partial charge is 0.381 e. The molecule has 4 atom stereocenters. The second-order valence-electron chi connectivity index (χ2n) is 6.15. The van der Waals surface area contributed by atoms with E-state index < -0.39 is 0 Å². The van der Waals surface area contributed by atoms with Crippen molar-refractivity contribution in [1.29, 1.82) is 0 Å². The van der Waals surface area contributed by atoms with Crippen molar-refractivity contribution in [2.45, 2.75) is 64.6 Å². The van der Waals surface area contributed by atoms with E-state index in [9.17, 15) is 0 Å². The van der Waals surface area contributed by atoms with Crippen molar-refractivity contribution < 1.29 is 4.74 Å². The van der Waals surface area contributed by atoms with Crippen LogP contribution in [-0.2, 0) is 4.74 Å². The Morgan fingerprint density at radius 2 is 2.06 bits per heavy atom. The van der Waals surface area contributed by atoms with Crippen LogP contribution in [0.2, 0.25) is 0 Å². The smallest absolute Gasteiger partial charge is 0.0509 e. The van der Waals surface area contributed by atoms with Gasteiger partial charge in [-0.2, -0.15) is 0 Å². The van der Waals surface area contributed by atoms with E-state index in [1.165, 1.54) is 38.8 Å². The molecule has 4 unspecified atom stereocenters. The number of nitrogens with one attached hydrogen (secondary N) is 1. The molecule has 0 aromatic carbocycles. The Kier molecular flexibility index (Phi) is 5.46. The van der Waals surface area contributed by atoms with Crippen molar-refractivity contribution in [2.75, 3.05) is 26.3 Å². The first kappa shape index (κ1) is 14.3. The van der Waals surface area contributed by atoms with E-state index in [2.05, 4.69) is 31.0 Å². The molecule has 0 radical (unpaired) electrons. The van der Waals surface area contributed by atoms with Gasteiger partial charge in [-0.3, -0.25) is 0 Å². The molecule has 2 heterocycles. The average Bonchev–Trinajstić information content (AvgIpc) is 2.87. The van der Waals surface area contributed by atoms with Gasteiger partial charge in [0, 0.05) is 24.7 Å². The van der Waals surface area contributed by atoms with E-state index in [0.29, 0.717) is 18.1 Å². The van der Waals surface area contributed by atoms with E-state index in [1.807, 2.05) is 0 Å². The van der Waals surface area contributed by atoms with Crippen LogP contribution in [0.3, 0.4) is 0 Å². The molecule has 0 amide bonds. The highest BCUT2D eigenvalue weighted by Gasteiger charge is 2.28. The predicted molar refractivity (Wildman–Crippen MR) is 75.9 cm³/mol. The van der Waals surface area contributed by atoms with Crippen LogP contribution in [0, 0.1) is 5.92 Å². The molecular weight excluding hydrogens is 224 g/mol. The summed E-state index contributed by atoms with van der Waals surface area (Å²) in [7, 11) is 0. The highest BCUT2D eigenvalue weighted by atomic mass is 16.5. The van der Waals surface area contributed by atoms with Crippen LogP contribution >= 0.6 is 0 Å². The maximum Gasteiger partial charge on any atom is 0.0509 e. The van der Waals surface area contributed by atoms with Crippen LogP contribution in [-0.4, -0.2) is 49.3 Å². The fraction of sp³-hybridized carbons (Fsp3) is 1.00. The first-order valence-corrected chi connectivity index (χ1v) is 7.78. The second kappa shape index (κ2) is 6.88. The average molecular weight is 254 g/mol. The number of hydrogen-bond acceptors (Lipinski definition) is 3. The van der Waals surface area contributed by atoms with E-state index in [0.717, 1.165) is 19.1 Å². The fourth-order valence-electron chi connectivity index (χ4n) is 3.32. The van der Waals surface area contributed by atoms with Crippen LogP contribution in [0.1, 0.15) is 46.5 Å². The van der Waals surface area contributed by atoms with E-state index in [-0.39, 0.29) is 0 Å². The van der Waals surface area contributed by atoms with Crippen molar-refractivity contribution in [3.05, 3.63) is 0 Å². The molecule has 1 N–H and O–H groups in total. The van der Waals surface area contributed by atoms with Crippen molar-refractivity contribution >= 4 is 0 Å². The van der Waals surface area contributed by atoms with Crippen LogP contribution in [0.25, 0.3) is 0 Å². The van der Waals surface area contributed by atoms with Gasteiger partial charge in [0.2, 0.25) is 0 Å². The molecule has 2 saturated heterocycles. The Labute approximate surface area is 112 Å². The second-order valence-corrected chi connectivity index (χ2v) is 6.15. The lowest BCUT2D eigenvalue weighted by Gasteiger charge is -2.37. The van der Waals surface area contributed by atoms with Crippen LogP contribution in [0.4, 0.5) is 0 Å². The van der Waals surface area contributed by atoms with Gasteiger partial charge in [-0.05, 0) is 58.5 Å². The summed E-state index contributed by atoms with van der Waals surface area (Å²) in [6, 6.07) is 2.05. The van der Waals surface area contributed by atoms with Gasteiger partial charge in [0.1, 0.15) is 0 Å².